The van der Waals surface area contributed by atoms with Gasteiger partial charge < -0.3 is 24.7 Å². The summed E-state index contributed by atoms with van der Waals surface area (Å²) in [6, 6.07) is 16.6. The van der Waals surface area contributed by atoms with E-state index in [0.717, 1.165) is 18.1 Å². The van der Waals surface area contributed by atoms with Gasteiger partial charge in [0, 0.05) is 31.2 Å². The summed E-state index contributed by atoms with van der Waals surface area (Å²) in [5.41, 5.74) is 5.55. The number of halogens is 2. The Kier molecular flexibility index (Phi) is 17.2. The number of aromatic hydroxyl groups is 1. The molecule has 3 rings (SSSR count). The average Bonchev–Trinajstić information content (AvgIpc) is 2.94. The zero-order valence-electron chi connectivity index (χ0n) is 23.6. The Morgan fingerprint density at radius 1 is 0.950 bits per heavy atom. The highest BCUT2D eigenvalue weighted by atomic mass is 19.1. The summed E-state index contributed by atoms with van der Waals surface area (Å²) < 4.78 is 32.8. The van der Waals surface area contributed by atoms with Crippen molar-refractivity contribution >= 4 is 25.1 Å². The van der Waals surface area contributed by atoms with Crippen LogP contribution < -0.4 is 10.1 Å². The summed E-state index contributed by atoms with van der Waals surface area (Å²) in [5, 5.41) is 12.3. The Morgan fingerprint density at radius 3 is 2.17 bits per heavy atom. The number of carbonyl (C=O) groups excluding carboxylic acids is 3. The topological polar surface area (TPSA) is 92.7 Å². The van der Waals surface area contributed by atoms with Gasteiger partial charge in [-0.25, -0.2) is 8.78 Å². The van der Waals surface area contributed by atoms with Gasteiger partial charge in [-0.3, -0.25) is 4.79 Å². The quantitative estimate of drug-likeness (QED) is 0.325. The molecule has 214 valence electrons. The highest BCUT2D eigenvalue weighted by molar-refractivity contribution is 5.72. The fraction of sp³-hybridized carbons (Fsp3) is 0.219. The maximum atomic E-state index is 13.9. The second-order valence-corrected chi connectivity index (χ2v) is 8.54. The molecule has 3 aromatic carbocycles. The van der Waals surface area contributed by atoms with Gasteiger partial charge in [0.2, 0.25) is 5.91 Å². The monoisotopic (exact) mass is 553 g/mol. The minimum atomic E-state index is -0.651. The first-order valence-electron chi connectivity index (χ1n) is 12.1. The van der Waals surface area contributed by atoms with Crippen LogP contribution in [-0.2, 0) is 27.4 Å². The van der Waals surface area contributed by atoms with Crippen molar-refractivity contribution in [3.8, 4) is 11.5 Å². The lowest BCUT2D eigenvalue weighted by atomic mass is 10.0. The molecule has 0 aliphatic carbocycles. The van der Waals surface area contributed by atoms with Gasteiger partial charge in [-0.2, -0.15) is 0 Å². The summed E-state index contributed by atoms with van der Waals surface area (Å²) in [6.07, 6.45) is 4.87. The van der Waals surface area contributed by atoms with E-state index in [1.165, 1.54) is 41.8 Å². The van der Waals surface area contributed by atoms with Crippen LogP contribution in [0.3, 0.4) is 0 Å². The first-order chi connectivity index (χ1) is 19.1. The molecule has 3 aromatic rings. The molecule has 0 radical (unpaired) electrons. The second kappa shape index (κ2) is 19.5. The molecule has 0 aliphatic rings. The van der Waals surface area contributed by atoms with Gasteiger partial charge in [0.1, 0.15) is 43.3 Å². The van der Waals surface area contributed by atoms with Crippen LogP contribution in [0.25, 0.3) is 5.57 Å². The van der Waals surface area contributed by atoms with Crippen molar-refractivity contribution in [1.82, 2.24) is 5.32 Å². The van der Waals surface area contributed by atoms with Crippen LogP contribution in [-0.4, -0.2) is 31.6 Å². The number of hydrogen-bond donors (Lipinski definition) is 2. The summed E-state index contributed by atoms with van der Waals surface area (Å²) in [4.78, 5) is 25.7. The SMILES string of the molecule is C/C(=C/C=C(\C)c1cc(O)ccc1OCc1ccc(F)cc1F)Cc1cccc(C)c1.C=O.C=O.CNC(C)=O. The fourth-order valence-corrected chi connectivity index (χ4v) is 3.31. The van der Waals surface area contributed by atoms with Crippen molar-refractivity contribution in [2.75, 3.05) is 7.05 Å². The molecule has 0 bridgehead atoms. The van der Waals surface area contributed by atoms with E-state index in [4.69, 9.17) is 14.3 Å². The molecule has 0 saturated heterocycles. The van der Waals surface area contributed by atoms with E-state index < -0.39 is 11.6 Å². The zero-order valence-corrected chi connectivity index (χ0v) is 23.6. The molecule has 40 heavy (non-hydrogen) atoms. The van der Waals surface area contributed by atoms with E-state index >= 15 is 0 Å². The van der Waals surface area contributed by atoms with Gasteiger partial charge in [0.05, 0.1) is 0 Å². The molecule has 2 N–H and O–H groups in total. The molecule has 0 unspecified atom stereocenters. The highest BCUT2D eigenvalue weighted by Crippen LogP contribution is 2.31. The normalized spacial score (nSPS) is 10.5. The van der Waals surface area contributed by atoms with Crippen molar-refractivity contribution in [1.29, 1.82) is 0 Å². The molecule has 6 nitrogen and oxygen atoms in total. The number of aryl methyl sites for hydroxylation is 1. The van der Waals surface area contributed by atoms with Crippen molar-refractivity contribution in [3.63, 3.8) is 0 Å². The number of ether oxygens (including phenoxy) is 1. The number of allylic oxidation sites excluding steroid dienone is 4. The Bertz CT molecular complexity index is 1290. The van der Waals surface area contributed by atoms with Crippen molar-refractivity contribution in [3.05, 3.63) is 112 Å². The first kappa shape index (κ1) is 35.4. The van der Waals surface area contributed by atoms with Crippen LogP contribution in [0.5, 0.6) is 11.5 Å². The lowest BCUT2D eigenvalue weighted by Gasteiger charge is -2.13. The average molecular weight is 554 g/mol. The van der Waals surface area contributed by atoms with E-state index in [1.54, 1.807) is 19.2 Å². The van der Waals surface area contributed by atoms with Crippen LogP contribution in [0.4, 0.5) is 8.78 Å². The van der Waals surface area contributed by atoms with Gasteiger partial charge in [-0.15, -0.1) is 0 Å². The Balaban J connectivity index is 0.00000150. The summed E-state index contributed by atoms with van der Waals surface area (Å²) >= 11 is 0. The molecule has 0 fully saturated rings. The van der Waals surface area contributed by atoms with E-state index in [-0.39, 0.29) is 23.8 Å². The number of amides is 1. The predicted molar refractivity (Wildman–Crippen MR) is 155 cm³/mol. The Morgan fingerprint density at radius 2 is 1.60 bits per heavy atom. The lowest BCUT2D eigenvalue weighted by Crippen LogP contribution is -2.11. The summed E-state index contributed by atoms with van der Waals surface area (Å²) in [7, 11) is 1.60. The van der Waals surface area contributed by atoms with Gasteiger partial charge in [-0.05, 0) is 68.7 Å². The van der Waals surface area contributed by atoms with E-state index in [0.29, 0.717) is 11.3 Å². The lowest BCUT2D eigenvalue weighted by molar-refractivity contribution is -0.118. The molecule has 0 spiro atoms. The van der Waals surface area contributed by atoms with Crippen molar-refractivity contribution in [2.24, 2.45) is 0 Å². The summed E-state index contributed by atoms with van der Waals surface area (Å²) in [5.74, 6) is -0.644. The molecule has 0 atom stereocenters. The van der Waals surface area contributed by atoms with Crippen LogP contribution >= 0.6 is 0 Å². The van der Waals surface area contributed by atoms with Crippen LogP contribution in [0.15, 0.2) is 78.4 Å². The number of phenols is 1. The van der Waals surface area contributed by atoms with Gasteiger partial charge >= 0.3 is 0 Å². The number of nitrogens with one attached hydrogen (secondary N) is 1. The van der Waals surface area contributed by atoms with E-state index in [9.17, 15) is 18.7 Å². The molecule has 0 saturated carbocycles. The zero-order chi connectivity index (χ0) is 30.7. The first-order valence-corrected chi connectivity index (χ1v) is 12.1. The van der Waals surface area contributed by atoms with E-state index in [1.807, 2.05) is 32.7 Å². The van der Waals surface area contributed by atoms with Crippen molar-refractivity contribution in [2.45, 2.75) is 40.7 Å². The smallest absolute Gasteiger partial charge is 0.216 e. The minimum absolute atomic E-state index is 0.00463. The van der Waals surface area contributed by atoms with Crippen LogP contribution in [0, 0.1) is 18.6 Å². The highest BCUT2D eigenvalue weighted by Gasteiger charge is 2.10. The van der Waals surface area contributed by atoms with Crippen LogP contribution in [0.1, 0.15) is 43.0 Å². The Labute approximate surface area is 235 Å². The van der Waals surface area contributed by atoms with Gasteiger partial charge in [-0.1, -0.05) is 47.6 Å². The number of hydrogen-bond acceptors (Lipinski definition) is 5. The molecule has 0 heterocycles. The van der Waals surface area contributed by atoms with Gasteiger partial charge in [0.25, 0.3) is 0 Å². The molecular formula is C32H37F2NO5. The summed E-state index contributed by atoms with van der Waals surface area (Å²) in [6.45, 7) is 11.5. The van der Waals surface area contributed by atoms with E-state index in [2.05, 4.69) is 43.4 Å². The third-order valence-corrected chi connectivity index (χ3v) is 5.32. The number of carbonyl (C=O) groups is 3. The minimum Gasteiger partial charge on any atom is -0.508 e. The molecule has 0 aliphatic heterocycles. The van der Waals surface area contributed by atoms with Gasteiger partial charge in [0.15, 0.2) is 0 Å². The number of phenolic OH excluding ortho intramolecular Hbond substituents is 1. The predicted octanol–water partition coefficient (Wildman–Crippen LogP) is 6.53. The number of rotatable bonds is 7. The number of benzene rings is 3. The third-order valence-electron chi connectivity index (χ3n) is 5.32. The Hall–Kier alpha value is -4.59. The van der Waals surface area contributed by atoms with Crippen molar-refractivity contribution < 1.29 is 33.0 Å². The molecule has 0 aromatic heterocycles. The largest absolute Gasteiger partial charge is 0.508 e. The van der Waals surface area contributed by atoms with Crippen LogP contribution in [0.2, 0.25) is 0 Å². The molecule has 1 amide bonds. The molecule has 8 heteroatoms. The maximum absolute atomic E-state index is 13.9. The second-order valence-electron chi connectivity index (χ2n) is 8.54. The fourth-order valence-electron chi connectivity index (χ4n) is 3.31. The maximum Gasteiger partial charge on any atom is 0.216 e. The molecular weight excluding hydrogens is 516 g/mol. The standard InChI is InChI=1S/C27H26F2O2.C3H7NO.2CH2O/c1-18-5-4-6-21(13-18)14-19(2)7-8-20(3)25-16-24(30)11-12-27(25)31-17-22-9-10-23(28)15-26(22)29;1-3(5)4-2;2*1-2/h4-13,15-16,30H,14,17H2,1-3H3;1-2H3,(H,4,5);2*1H2/b19-7-,20-8+;;;. The third kappa shape index (κ3) is 13.3.